The molecule has 2 aliphatic rings. The fourth-order valence-corrected chi connectivity index (χ4v) is 4.56. The van der Waals surface area contributed by atoms with E-state index < -0.39 is 5.54 Å². The zero-order valence-corrected chi connectivity index (χ0v) is 16.9. The first-order valence-electron chi connectivity index (χ1n) is 9.96. The van der Waals surface area contributed by atoms with Crippen LogP contribution in [0.1, 0.15) is 69.4 Å². The van der Waals surface area contributed by atoms with Crippen LogP contribution in [0.3, 0.4) is 0 Å². The Bertz CT molecular complexity index is 860. The number of hydrogen-bond acceptors (Lipinski definition) is 6. The van der Waals surface area contributed by atoms with Gasteiger partial charge in [0.2, 0.25) is 5.91 Å². The lowest BCUT2D eigenvalue weighted by molar-refractivity contribution is -0.121. The number of carbonyl (C=O) groups is 1. The lowest BCUT2D eigenvalue weighted by Gasteiger charge is -2.32. The second kappa shape index (κ2) is 8.00. The molecule has 1 atom stereocenters. The van der Waals surface area contributed by atoms with Crippen LogP contribution in [0.2, 0.25) is 0 Å². The van der Waals surface area contributed by atoms with Crippen molar-refractivity contribution in [1.82, 2.24) is 20.1 Å². The molecular formula is C20H25N5O2S. The number of nitrogens with one attached hydrogen (secondary N) is 1. The highest BCUT2D eigenvalue weighted by atomic mass is 32.2. The molecule has 2 aromatic rings. The van der Waals surface area contributed by atoms with Crippen molar-refractivity contribution in [3.8, 4) is 6.07 Å². The van der Waals surface area contributed by atoms with Crippen LogP contribution in [0.15, 0.2) is 28.0 Å². The van der Waals surface area contributed by atoms with Crippen molar-refractivity contribution in [1.29, 1.82) is 5.26 Å². The summed E-state index contributed by atoms with van der Waals surface area (Å²) in [7, 11) is 0. The fourth-order valence-electron chi connectivity index (χ4n) is 3.71. The Morgan fingerprint density at radius 1 is 1.43 bits per heavy atom. The predicted octanol–water partition coefficient (Wildman–Crippen LogP) is 3.62. The van der Waals surface area contributed by atoms with E-state index in [1.807, 2.05) is 19.1 Å². The van der Waals surface area contributed by atoms with Crippen LogP contribution in [-0.2, 0) is 11.3 Å². The number of aromatic nitrogens is 3. The van der Waals surface area contributed by atoms with E-state index in [1.165, 1.54) is 11.8 Å². The molecule has 2 aliphatic carbocycles. The number of carbonyl (C=O) groups excluding carboxylic acids is 1. The Hall–Kier alpha value is -2.27. The van der Waals surface area contributed by atoms with Gasteiger partial charge in [-0.1, -0.05) is 31.0 Å². The molecule has 2 fully saturated rings. The largest absolute Gasteiger partial charge is 0.467 e. The third-order valence-electron chi connectivity index (χ3n) is 5.52. The summed E-state index contributed by atoms with van der Waals surface area (Å²) in [5.41, 5.74) is -0.717. The molecule has 7 nitrogen and oxygen atoms in total. The maximum atomic E-state index is 12.8. The second-order valence-corrected chi connectivity index (χ2v) is 9.09. The molecular weight excluding hydrogens is 374 g/mol. The van der Waals surface area contributed by atoms with E-state index in [0.717, 1.165) is 61.7 Å². The highest BCUT2D eigenvalue weighted by Gasteiger charge is 2.36. The summed E-state index contributed by atoms with van der Waals surface area (Å²) in [6.45, 7) is 2.42. The zero-order valence-electron chi connectivity index (χ0n) is 16.1. The summed E-state index contributed by atoms with van der Waals surface area (Å²) in [6.07, 6.45) is 8.47. The molecule has 0 aromatic carbocycles. The van der Waals surface area contributed by atoms with Crippen LogP contribution in [0.25, 0.3) is 0 Å². The maximum Gasteiger partial charge on any atom is 0.234 e. The van der Waals surface area contributed by atoms with Gasteiger partial charge in [0.1, 0.15) is 17.1 Å². The van der Waals surface area contributed by atoms with Gasteiger partial charge in [-0.05, 0) is 44.7 Å². The van der Waals surface area contributed by atoms with Crippen LogP contribution in [-0.4, -0.2) is 31.5 Å². The summed E-state index contributed by atoms with van der Waals surface area (Å²) in [5.74, 6) is 2.14. The van der Waals surface area contributed by atoms with Gasteiger partial charge in [-0.3, -0.25) is 9.36 Å². The van der Waals surface area contributed by atoms with E-state index in [0.29, 0.717) is 12.5 Å². The number of rotatable bonds is 7. The Kier molecular flexibility index (Phi) is 5.44. The van der Waals surface area contributed by atoms with Crippen LogP contribution >= 0.6 is 11.8 Å². The van der Waals surface area contributed by atoms with Gasteiger partial charge < -0.3 is 9.73 Å². The summed E-state index contributed by atoms with van der Waals surface area (Å²) < 4.78 is 7.56. The summed E-state index contributed by atoms with van der Waals surface area (Å²) >= 11 is 1.39. The molecule has 0 spiro atoms. The lowest BCUT2D eigenvalue weighted by atomic mass is 9.83. The van der Waals surface area contributed by atoms with E-state index in [1.54, 1.807) is 6.26 Å². The SMILES string of the molecule is CC(Sc1nnc(C2CC2)n1Cc1ccco1)C(=O)NC1(C#N)CCCCC1. The van der Waals surface area contributed by atoms with Gasteiger partial charge in [-0.25, -0.2) is 0 Å². The second-order valence-electron chi connectivity index (χ2n) is 7.78. The van der Waals surface area contributed by atoms with Gasteiger partial charge in [0.05, 0.1) is 24.1 Å². The highest BCUT2D eigenvalue weighted by molar-refractivity contribution is 8.00. The molecule has 2 heterocycles. The van der Waals surface area contributed by atoms with Crippen LogP contribution < -0.4 is 5.32 Å². The van der Waals surface area contributed by atoms with Crippen molar-refractivity contribution < 1.29 is 9.21 Å². The van der Waals surface area contributed by atoms with Gasteiger partial charge in [-0.2, -0.15) is 5.26 Å². The molecule has 4 rings (SSSR count). The summed E-state index contributed by atoms with van der Waals surface area (Å²) in [4.78, 5) is 12.8. The van der Waals surface area contributed by atoms with E-state index in [9.17, 15) is 10.1 Å². The number of amides is 1. The van der Waals surface area contributed by atoms with Crippen LogP contribution in [0, 0.1) is 11.3 Å². The monoisotopic (exact) mass is 399 g/mol. The predicted molar refractivity (Wildman–Crippen MR) is 105 cm³/mol. The average molecular weight is 400 g/mol. The molecule has 0 bridgehead atoms. The van der Waals surface area contributed by atoms with E-state index in [4.69, 9.17) is 4.42 Å². The molecule has 0 aliphatic heterocycles. The smallest absolute Gasteiger partial charge is 0.234 e. The van der Waals surface area contributed by atoms with Gasteiger partial charge in [0.15, 0.2) is 5.16 Å². The Balaban J connectivity index is 1.47. The van der Waals surface area contributed by atoms with Gasteiger partial charge in [0, 0.05) is 5.92 Å². The minimum Gasteiger partial charge on any atom is -0.467 e. The Morgan fingerprint density at radius 3 is 2.86 bits per heavy atom. The standard InChI is InChI=1S/C20H25N5O2S/c1-14(18(26)22-20(13-21)9-3-2-4-10-20)28-19-24-23-17(15-7-8-15)25(19)12-16-6-5-11-27-16/h5-6,11,14-15H,2-4,7-10,12H2,1H3,(H,22,26). The molecule has 8 heteroatoms. The van der Waals surface area contributed by atoms with Crippen LogP contribution in [0.4, 0.5) is 0 Å². The van der Waals surface area contributed by atoms with Gasteiger partial charge >= 0.3 is 0 Å². The van der Waals surface area contributed by atoms with Crippen molar-refractivity contribution in [2.45, 2.75) is 80.3 Å². The topological polar surface area (TPSA) is 96.7 Å². The molecule has 1 N–H and O–H groups in total. The van der Waals surface area contributed by atoms with E-state index >= 15 is 0 Å². The van der Waals surface area contributed by atoms with Crippen molar-refractivity contribution >= 4 is 17.7 Å². The van der Waals surface area contributed by atoms with E-state index in [-0.39, 0.29) is 11.2 Å². The quantitative estimate of drug-likeness (QED) is 0.714. The molecule has 1 unspecified atom stereocenters. The Labute approximate surface area is 168 Å². The summed E-state index contributed by atoms with van der Waals surface area (Å²) in [5, 5.41) is 21.7. The number of furan rings is 1. The van der Waals surface area contributed by atoms with Crippen molar-refractivity contribution in [3.63, 3.8) is 0 Å². The van der Waals surface area contributed by atoms with Gasteiger partial charge in [0.25, 0.3) is 0 Å². The lowest BCUT2D eigenvalue weighted by Crippen LogP contribution is -2.51. The molecule has 2 aromatic heterocycles. The zero-order chi connectivity index (χ0) is 19.6. The average Bonchev–Trinajstić information content (AvgIpc) is 3.28. The van der Waals surface area contributed by atoms with Crippen molar-refractivity contribution in [3.05, 3.63) is 30.0 Å². The molecule has 28 heavy (non-hydrogen) atoms. The third kappa shape index (κ3) is 4.09. The van der Waals surface area contributed by atoms with E-state index in [2.05, 4.69) is 26.2 Å². The first-order chi connectivity index (χ1) is 13.6. The first-order valence-corrected chi connectivity index (χ1v) is 10.8. The highest BCUT2D eigenvalue weighted by Crippen LogP contribution is 2.40. The van der Waals surface area contributed by atoms with Crippen molar-refractivity contribution in [2.75, 3.05) is 0 Å². The number of thioether (sulfide) groups is 1. The molecule has 2 saturated carbocycles. The molecule has 148 valence electrons. The maximum absolute atomic E-state index is 12.8. The minimum atomic E-state index is -0.717. The number of hydrogen-bond donors (Lipinski definition) is 1. The Morgan fingerprint density at radius 2 is 2.21 bits per heavy atom. The fraction of sp³-hybridized carbons (Fsp3) is 0.600. The van der Waals surface area contributed by atoms with Gasteiger partial charge in [-0.15, -0.1) is 10.2 Å². The molecule has 1 amide bonds. The number of nitriles is 1. The third-order valence-corrected chi connectivity index (χ3v) is 6.60. The van der Waals surface area contributed by atoms with Crippen molar-refractivity contribution in [2.24, 2.45) is 0 Å². The summed E-state index contributed by atoms with van der Waals surface area (Å²) in [6, 6.07) is 6.15. The number of nitrogens with zero attached hydrogens (tertiary/aromatic N) is 4. The first kappa shape index (κ1) is 19.1. The van der Waals surface area contributed by atoms with Crippen LogP contribution in [0.5, 0.6) is 0 Å². The molecule has 0 radical (unpaired) electrons. The minimum absolute atomic E-state index is 0.117. The normalized spacial score (nSPS) is 19.7. The molecule has 0 saturated heterocycles.